The van der Waals surface area contributed by atoms with Crippen LogP contribution in [0.5, 0.6) is 0 Å². The molecular formula is C13H21NO5. The minimum atomic E-state index is -0.900. The maximum Gasteiger partial charge on any atom is 0.305 e. The van der Waals surface area contributed by atoms with Crippen molar-refractivity contribution in [2.24, 2.45) is 0 Å². The Balaban J connectivity index is 1.99. The van der Waals surface area contributed by atoms with Gasteiger partial charge < -0.3 is 19.9 Å². The first kappa shape index (κ1) is 14.3. The van der Waals surface area contributed by atoms with Crippen molar-refractivity contribution in [2.75, 3.05) is 13.2 Å². The first-order valence-electron chi connectivity index (χ1n) is 6.78. The molecule has 0 saturated carbocycles. The fraction of sp³-hybridized carbons (Fsp3) is 0.846. The summed E-state index contributed by atoms with van der Waals surface area (Å²) in [7, 11) is 0. The molecule has 1 amide bonds. The second kappa shape index (κ2) is 5.88. The molecule has 6 heteroatoms. The number of nitrogens with one attached hydrogen (secondary N) is 1. The van der Waals surface area contributed by atoms with Gasteiger partial charge in [0.15, 0.2) is 0 Å². The van der Waals surface area contributed by atoms with Gasteiger partial charge in [0.2, 0.25) is 5.91 Å². The van der Waals surface area contributed by atoms with Crippen molar-refractivity contribution < 1.29 is 24.2 Å². The molecule has 2 aliphatic rings. The second-order valence-corrected chi connectivity index (χ2v) is 5.47. The molecule has 108 valence electrons. The van der Waals surface area contributed by atoms with Crippen LogP contribution in [0.25, 0.3) is 0 Å². The molecule has 2 heterocycles. The van der Waals surface area contributed by atoms with Gasteiger partial charge in [0.25, 0.3) is 0 Å². The minimum absolute atomic E-state index is 0.0651. The van der Waals surface area contributed by atoms with Crippen molar-refractivity contribution in [1.29, 1.82) is 0 Å². The predicted octanol–water partition coefficient (Wildman–Crippen LogP) is 0.694. The first-order chi connectivity index (χ1) is 9.01. The average Bonchev–Trinajstić information content (AvgIpc) is 2.76. The van der Waals surface area contributed by atoms with Crippen LogP contribution in [0.15, 0.2) is 0 Å². The molecular weight excluding hydrogens is 250 g/mol. The van der Waals surface area contributed by atoms with Gasteiger partial charge in [0.1, 0.15) is 6.10 Å². The number of ether oxygens (including phenoxy) is 2. The number of carboxylic acids is 1. The van der Waals surface area contributed by atoms with Crippen molar-refractivity contribution in [3.63, 3.8) is 0 Å². The number of aliphatic carboxylic acids is 1. The van der Waals surface area contributed by atoms with Crippen LogP contribution in [0, 0.1) is 0 Å². The van der Waals surface area contributed by atoms with Crippen LogP contribution < -0.4 is 5.32 Å². The van der Waals surface area contributed by atoms with Crippen molar-refractivity contribution in [3.8, 4) is 0 Å². The summed E-state index contributed by atoms with van der Waals surface area (Å²) in [4.78, 5) is 23.2. The molecule has 2 aliphatic heterocycles. The Morgan fingerprint density at radius 1 is 1.32 bits per heavy atom. The van der Waals surface area contributed by atoms with Gasteiger partial charge in [-0.15, -0.1) is 0 Å². The molecule has 2 rings (SSSR count). The van der Waals surface area contributed by atoms with E-state index in [1.165, 1.54) is 0 Å². The van der Waals surface area contributed by atoms with E-state index < -0.39 is 17.6 Å². The molecule has 2 N–H and O–H groups in total. The Hall–Kier alpha value is -1.14. The summed E-state index contributed by atoms with van der Waals surface area (Å²) in [6, 6.07) is 0. The Labute approximate surface area is 112 Å². The molecule has 0 aromatic carbocycles. The highest BCUT2D eigenvalue weighted by Crippen LogP contribution is 2.26. The normalized spacial score (nSPS) is 29.9. The molecule has 0 unspecified atom stereocenters. The Morgan fingerprint density at radius 3 is 2.53 bits per heavy atom. The summed E-state index contributed by atoms with van der Waals surface area (Å²) in [6.07, 6.45) is 2.23. The molecule has 2 fully saturated rings. The van der Waals surface area contributed by atoms with Crippen LogP contribution in [-0.2, 0) is 19.1 Å². The van der Waals surface area contributed by atoms with Crippen LogP contribution in [0.1, 0.15) is 39.0 Å². The van der Waals surface area contributed by atoms with Crippen molar-refractivity contribution in [2.45, 2.75) is 56.8 Å². The Bertz CT molecular complexity index is 351. The number of hydrogen-bond acceptors (Lipinski definition) is 4. The highest BCUT2D eigenvalue weighted by Gasteiger charge is 2.39. The average molecular weight is 271 g/mol. The fourth-order valence-electron chi connectivity index (χ4n) is 2.73. The van der Waals surface area contributed by atoms with Gasteiger partial charge in [-0.1, -0.05) is 0 Å². The molecule has 19 heavy (non-hydrogen) atoms. The van der Waals surface area contributed by atoms with Gasteiger partial charge in [-0.25, -0.2) is 0 Å². The van der Waals surface area contributed by atoms with Gasteiger partial charge in [-0.3, -0.25) is 9.59 Å². The largest absolute Gasteiger partial charge is 0.481 e. The van der Waals surface area contributed by atoms with E-state index in [2.05, 4.69) is 5.32 Å². The molecule has 0 aromatic rings. The number of carbonyl (C=O) groups excluding carboxylic acids is 1. The Morgan fingerprint density at radius 2 is 2.00 bits per heavy atom. The molecule has 2 atom stereocenters. The Kier molecular flexibility index (Phi) is 4.42. The van der Waals surface area contributed by atoms with Crippen molar-refractivity contribution >= 4 is 11.9 Å². The fourth-order valence-corrected chi connectivity index (χ4v) is 2.73. The third-order valence-corrected chi connectivity index (χ3v) is 3.85. The molecule has 0 bridgehead atoms. The zero-order chi connectivity index (χ0) is 13.9. The van der Waals surface area contributed by atoms with Gasteiger partial charge in [0, 0.05) is 13.2 Å². The van der Waals surface area contributed by atoms with Crippen LogP contribution in [-0.4, -0.2) is 47.9 Å². The number of rotatable bonds is 4. The summed E-state index contributed by atoms with van der Waals surface area (Å²) in [6.45, 7) is 2.90. The smallest absolute Gasteiger partial charge is 0.305 e. The summed E-state index contributed by atoms with van der Waals surface area (Å²) < 4.78 is 10.8. The summed E-state index contributed by atoms with van der Waals surface area (Å²) >= 11 is 0. The topological polar surface area (TPSA) is 84.9 Å². The third-order valence-electron chi connectivity index (χ3n) is 3.85. The van der Waals surface area contributed by atoms with Crippen LogP contribution in [0.4, 0.5) is 0 Å². The second-order valence-electron chi connectivity index (χ2n) is 5.47. The minimum Gasteiger partial charge on any atom is -0.481 e. The highest BCUT2D eigenvalue weighted by molar-refractivity contribution is 5.82. The lowest BCUT2D eigenvalue weighted by Crippen LogP contribution is -2.55. The number of carboxylic acid groups (broad SMARTS) is 1. The van der Waals surface area contributed by atoms with E-state index in [1.54, 1.807) is 0 Å². The monoisotopic (exact) mass is 271 g/mol. The summed E-state index contributed by atoms with van der Waals surface area (Å²) in [5.74, 6) is -1.09. The van der Waals surface area contributed by atoms with Gasteiger partial charge in [-0.2, -0.15) is 0 Å². The molecule has 6 nitrogen and oxygen atoms in total. The standard InChI is InChI=1S/C13H21NO5/c1-9-2-3-10(19-9)12(17)14-13(8-11(15)16)4-6-18-7-5-13/h9-10H,2-8H2,1H3,(H,14,17)(H,15,16)/t9-,10-/m1/s1. The van der Waals surface area contributed by atoms with Crippen molar-refractivity contribution in [1.82, 2.24) is 5.32 Å². The zero-order valence-corrected chi connectivity index (χ0v) is 11.2. The van der Waals surface area contributed by atoms with Gasteiger partial charge in [-0.05, 0) is 32.6 Å². The molecule has 2 saturated heterocycles. The van der Waals surface area contributed by atoms with E-state index in [9.17, 15) is 9.59 Å². The van der Waals surface area contributed by atoms with E-state index in [-0.39, 0.29) is 18.4 Å². The molecule has 0 spiro atoms. The van der Waals surface area contributed by atoms with E-state index >= 15 is 0 Å². The SMILES string of the molecule is C[C@@H]1CC[C@H](C(=O)NC2(CC(=O)O)CCOCC2)O1. The lowest BCUT2D eigenvalue weighted by molar-refractivity contribution is -0.142. The van der Waals surface area contributed by atoms with Crippen molar-refractivity contribution in [3.05, 3.63) is 0 Å². The summed E-state index contributed by atoms with van der Waals surface area (Å²) in [5, 5.41) is 11.9. The van der Waals surface area contributed by atoms with Crippen LogP contribution in [0.3, 0.4) is 0 Å². The van der Waals surface area contributed by atoms with E-state index in [0.717, 1.165) is 6.42 Å². The first-order valence-corrected chi connectivity index (χ1v) is 6.78. The lowest BCUT2D eigenvalue weighted by Gasteiger charge is -2.37. The predicted molar refractivity (Wildman–Crippen MR) is 66.7 cm³/mol. The molecule has 0 aliphatic carbocycles. The van der Waals surface area contributed by atoms with Gasteiger partial charge in [0.05, 0.1) is 18.1 Å². The molecule has 0 radical (unpaired) electrons. The number of carbonyl (C=O) groups is 2. The maximum atomic E-state index is 12.2. The maximum absolute atomic E-state index is 12.2. The van der Waals surface area contributed by atoms with Crippen LogP contribution in [0.2, 0.25) is 0 Å². The molecule has 0 aromatic heterocycles. The van der Waals surface area contributed by atoms with Gasteiger partial charge >= 0.3 is 5.97 Å². The van der Waals surface area contributed by atoms with E-state index in [0.29, 0.717) is 32.5 Å². The highest BCUT2D eigenvalue weighted by atomic mass is 16.5. The van der Waals surface area contributed by atoms with E-state index in [1.807, 2.05) is 6.92 Å². The number of hydrogen-bond donors (Lipinski definition) is 2. The summed E-state index contributed by atoms with van der Waals surface area (Å²) in [5.41, 5.74) is -0.684. The quantitative estimate of drug-likeness (QED) is 0.786. The number of amides is 1. The van der Waals surface area contributed by atoms with E-state index in [4.69, 9.17) is 14.6 Å². The van der Waals surface area contributed by atoms with Crippen LogP contribution >= 0.6 is 0 Å². The third kappa shape index (κ3) is 3.67. The zero-order valence-electron chi connectivity index (χ0n) is 11.2. The lowest BCUT2D eigenvalue weighted by atomic mass is 9.86.